The highest BCUT2D eigenvalue weighted by molar-refractivity contribution is 5.28. The molecule has 0 radical (unpaired) electrons. The molecule has 1 aliphatic rings. The van der Waals surface area contributed by atoms with Crippen LogP contribution < -0.4 is 5.73 Å². The predicted octanol–water partition coefficient (Wildman–Crippen LogP) is 2.36. The molecule has 2 atom stereocenters. The van der Waals surface area contributed by atoms with E-state index in [1.807, 2.05) is 24.3 Å². The molecule has 70 valence electrons. The van der Waals surface area contributed by atoms with Crippen LogP contribution in [-0.4, -0.2) is 6.17 Å². The zero-order valence-electron chi connectivity index (χ0n) is 7.54. The molecule has 0 spiro atoms. The summed E-state index contributed by atoms with van der Waals surface area (Å²) in [4.78, 5) is 0. The van der Waals surface area contributed by atoms with Crippen LogP contribution in [0, 0.1) is 0 Å². The molecule has 0 heterocycles. The van der Waals surface area contributed by atoms with Crippen LogP contribution in [0.4, 0.5) is 4.39 Å². The van der Waals surface area contributed by atoms with Crippen molar-refractivity contribution in [3.05, 3.63) is 35.4 Å². The van der Waals surface area contributed by atoms with Crippen LogP contribution in [0.1, 0.15) is 29.9 Å². The summed E-state index contributed by atoms with van der Waals surface area (Å²) in [7, 11) is 0. The van der Waals surface area contributed by atoms with Gasteiger partial charge in [0.15, 0.2) is 0 Å². The van der Waals surface area contributed by atoms with E-state index < -0.39 is 6.17 Å². The first-order chi connectivity index (χ1) is 6.31. The van der Waals surface area contributed by atoms with Crippen LogP contribution in [0.15, 0.2) is 24.3 Å². The summed E-state index contributed by atoms with van der Waals surface area (Å²) in [5.74, 6) is 0.131. The van der Waals surface area contributed by atoms with Crippen molar-refractivity contribution in [2.45, 2.75) is 31.5 Å². The number of hydrogen-bond donors (Lipinski definition) is 1. The number of halogens is 1. The Bertz CT molecular complexity index is 298. The van der Waals surface area contributed by atoms with Crippen molar-refractivity contribution in [1.82, 2.24) is 0 Å². The van der Waals surface area contributed by atoms with E-state index in [4.69, 9.17) is 5.73 Å². The van der Waals surface area contributed by atoms with Gasteiger partial charge < -0.3 is 5.73 Å². The van der Waals surface area contributed by atoms with E-state index in [0.29, 0.717) is 6.54 Å². The largest absolute Gasteiger partial charge is 0.326 e. The van der Waals surface area contributed by atoms with Gasteiger partial charge in [0.05, 0.1) is 0 Å². The molecule has 1 fully saturated rings. The Morgan fingerprint density at radius 3 is 2.77 bits per heavy atom. The van der Waals surface area contributed by atoms with Gasteiger partial charge in [-0.1, -0.05) is 24.3 Å². The number of benzene rings is 1. The summed E-state index contributed by atoms with van der Waals surface area (Å²) in [5.41, 5.74) is 7.73. The minimum Gasteiger partial charge on any atom is -0.326 e. The molecule has 0 saturated heterocycles. The van der Waals surface area contributed by atoms with Crippen molar-refractivity contribution in [3.63, 3.8) is 0 Å². The molecule has 1 nitrogen and oxygen atoms in total. The van der Waals surface area contributed by atoms with E-state index in [0.717, 1.165) is 24.0 Å². The van der Waals surface area contributed by atoms with Crippen molar-refractivity contribution < 1.29 is 4.39 Å². The minimum absolute atomic E-state index is 0.131. The second-order valence-corrected chi connectivity index (χ2v) is 3.65. The minimum atomic E-state index is -0.631. The number of hydrogen-bond acceptors (Lipinski definition) is 1. The molecule has 2 heteroatoms. The van der Waals surface area contributed by atoms with Crippen LogP contribution in [0.2, 0.25) is 0 Å². The van der Waals surface area contributed by atoms with Gasteiger partial charge in [0.25, 0.3) is 0 Å². The average Bonchev–Trinajstić information content (AvgIpc) is 2.16. The summed E-state index contributed by atoms with van der Waals surface area (Å²) in [5, 5.41) is 0. The standard InChI is InChI=1S/C11H14FN/c12-11-5-4-10(11)9-3-1-2-8(6-9)7-13/h1-3,6,10-11H,4-5,7,13H2. The third-order valence-electron chi connectivity index (χ3n) is 2.80. The van der Waals surface area contributed by atoms with E-state index in [1.165, 1.54) is 0 Å². The molecule has 1 saturated carbocycles. The second-order valence-electron chi connectivity index (χ2n) is 3.65. The van der Waals surface area contributed by atoms with Gasteiger partial charge in [-0.2, -0.15) is 0 Å². The third-order valence-corrected chi connectivity index (χ3v) is 2.80. The lowest BCUT2D eigenvalue weighted by Crippen LogP contribution is -2.25. The van der Waals surface area contributed by atoms with Crippen LogP contribution in [0.3, 0.4) is 0 Å². The van der Waals surface area contributed by atoms with Gasteiger partial charge in [-0.3, -0.25) is 0 Å². The zero-order valence-corrected chi connectivity index (χ0v) is 7.54. The highest BCUT2D eigenvalue weighted by atomic mass is 19.1. The number of rotatable bonds is 2. The first-order valence-corrected chi connectivity index (χ1v) is 4.74. The van der Waals surface area contributed by atoms with Gasteiger partial charge >= 0.3 is 0 Å². The monoisotopic (exact) mass is 179 g/mol. The van der Waals surface area contributed by atoms with E-state index in [2.05, 4.69) is 0 Å². The van der Waals surface area contributed by atoms with Gasteiger partial charge in [-0.25, -0.2) is 4.39 Å². The molecule has 1 aromatic rings. The SMILES string of the molecule is NCc1cccc(C2CCC2F)c1. The molecule has 0 bridgehead atoms. The fourth-order valence-corrected chi connectivity index (χ4v) is 1.79. The molecule has 13 heavy (non-hydrogen) atoms. The van der Waals surface area contributed by atoms with Gasteiger partial charge in [-0.05, 0) is 24.0 Å². The lowest BCUT2D eigenvalue weighted by molar-refractivity contribution is 0.170. The van der Waals surface area contributed by atoms with Gasteiger partial charge in [0.2, 0.25) is 0 Å². The summed E-state index contributed by atoms with van der Waals surface area (Å²) in [6.07, 6.45) is 1.07. The molecular weight excluding hydrogens is 165 g/mol. The van der Waals surface area contributed by atoms with Crippen molar-refractivity contribution in [2.24, 2.45) is 5.73 Å². The van der Waals surface area contributed by atoms with Crippen molar-refractivity contribution in [1.29, 1.82) is 0 Å². The smallest absolute Gasteiger partial charge is 0.107 e. The summed E-state index contributed by atoms with van der Waals surface area (Å²) < 4.78 is 13.1. The fraction of sp³-hybridized carbons (Fsp3) is 0.455. The van der Waals surface area contributed by atoms with Crippen LogP contribution in [0.25, 0.3) is 0 Å². The first kappa shape index (κ1) is 8.70. The highest BCUT2D eigenvalue weighted by Gasteiger charge is 2.31. The quantitative estimate of drug-likeness (QED) is 0.741. The molecule has 1 aliphatic carbocycles. The molecule has 0 amide bonds. The summed E-state index contributed by atoms with van der Waals surface area (Å²) in [6.45, 7) is 0.539. The first-order valence-electron chi connectivity index (χ1n) is 4.74. The van der Waals surface area contributed by atoms with E-state index in [1.54, 1.807) is 0 Å². The van der Waals surface area contributed by atoms with Crippen molar-refractivity contribution >= 4 is 0 Å². The van der Waals surface area contributed by atoms with Crippen molar-refractivity contribution in [2.75, 3.05) is 0 Å². The van der Waals surface area contributed by atoms with Gasteiger partial charge in [-0.15, -0.1) is 0 Å². The number of nitrogens with two attached hydrogens (primary N) is 1. The Morgan fingerprint density at radius 1 is 1.38 bits per heavy atom. The Balaban J connectivity index is 2.20. The molecule has 1 aromatic carbocycles. The lowest BCUT2D eigenvalue weighted by atomic mass is 9.78. The average molecular weight is 179 g/mol. The normalized spacial score (nSPS) is 26.9. The third kappa shape index (κ3) is 1.59. The highest BCUT2D eigenvalue weighted by Crippen LogP contribution is 2.39. The van der Waals surface area contributed by atoms with Crippen molar-refractivity contribution in [3.8, 4) is 0 Å². The van der Waals surface area contributed by atoms with Crippen LogP contribution >= 0.6 is 0 Å². The van der Waals surface area contributed by atoms with E-state index in [-0.39, 0.29) is 5.92 Å². The van der Waals surface area contributed by atoms with E-state index in [9.17, 15) is 4.39 Å². The Morgan fingerprint density at radius 2 is 2.23 bits per heavy atom. The van der Waals surface area contributed by atoms with Crippen LogP contribution in [-0.2, 0) is 6.54 Å². The predicted molar refractivity (Wildman–Crippen MR) is 51.2 cm³/mol. The Labute approximate surface area is 77.8 Å². The molecule has 0 aliphatic heterocycles. The lowest BCUT2D eigenvalue weighted by Gasteiger charge is -2.30. The second kappa shape index (κ2) is 3.46. The van der Waals surface area contributed by atoms with Crippen LogP contribution in [0.5, 0.6) is 0 Å². The maximum atomic E-state index is 13.1. The summed E-state index contributed by atoms with van der Waals surface area (Å²) in [6, 6.07) is 7.96. The molecular formula is C11H14FN. The maximum absolute atomic E-state index is 13.1. The van der Waals surface area contributed by atoms with Gasteiger partial charge in [0.1, 0.15) is 6.17 Å². The molecule has 2 rings (SSSR count). The topological polar surface area (TPSA) is 26.0 Å². The zero-order chi connectivity index (χ0) is 9.26. The number of alkyl halides is 1. The van der Waals surface area contributed by atoms with E-state index >= 15 is 0 Å². The molecule has 2 N–H and O–H groups in total. The fourth-order valence-electron chi connectivity index (χ4n) is 1.79. The molecule has 0 aromatic heterocycles. The Kier molecular flexibility index (Phi) is 2.32. The summed E-state index contributed by atoms with van der Waals surface area (Å²) >= 11 is 0. The van der Waals surface area contributed by atoms with Gasteiger partial charge in [0, 0.05) is 12.5 Å². The Hall–Kier alpha value is -0.890. The molecule has 2 unspecified atom stereocenters. The maximum Gasteiger partial charge on any atom is 0.107 e.